The average molecular weight is 452 g/mol. The van der Waals surface area contributed by atoms with Gasteiger partial charge in [0, 0.05) is 44.4 Å². The lowest BCUT2D eigenvalue weighted by Crippen LogP contribution is -2.40. The van der Waals surface area contributed by atoms with E-state index in [9.17, 15) is 0 Å². The molecule has 2 fully saturated rings. The van der Waals surface area contributed by atoms with Crippen LogP contribution in [-0.2, 0) is 15.9 Å². The molecule has 2 saturated heterocycles. The molecule has 8 heteroatoms. The minimum atomic E-state index is -0.967. The zero-order valence-corrected chi connectivity index (χ0v) is 18.8. The first kappa shape index (κ1) is 22.0. The summed E-state index contributed by atoms with van der Waals surface area (Å²) >= 11 is 0. The third-order valence-electron chi connectivity index (χ3n) is 6.30. The maximum atomic E-state index is 15.1. The van der Waals surface area contributed by atoms with E-state index in [2.05, 4.69) is 14.8 Å². The summed E-state index contributed by atoms with van der Waals surface area (Å²) in [4.78, 5) is 19.0. The molecule has 5 rings (SSSR count). The van der Waals surface area contributed by atoms with Crippen molar-refractivity contribution in [3.63, 3.8) is 0 Å². The molecule has 33 heavy (non-hydrogen) atoms. The first-order valence-electron chi connectivity index (χ1n) is 11.8. The number of morpholine rings is 2. The number of halogens is 1. The van der Waals surface area contributed by atoms with Crippen molar-refractivity contribution in [2.24, 2.45) is 0 Å². The van der Waals surface area contributed by atoms with Crippen LogP contribution >= 0.6 is 0 Å². The normalized spacial score (nSPS) is 21.6. The van der Waals surface area contributed by atoms with E-state index in [4.69, 9.17) is 19.4 Å². The van der Waals surface area contributed by atoms with E-state index in [-0.39, 0.29) is 0 Å². The van der Waals surface area contributed by atoms with Gasteiger partial charge in [-0.15, -0.1) is 0 Å². The van der Waals surface area contributed by atoms with Gasteiger partial charge in [-0.05, 0) is 30.5 Å². The summed E-state index contributed by atoms with van der Waals surface area (Å²) in [6.07, 6.45) is 8.46. The van der Waals surface area contributed by atoms with Gasteiger partial charge in [-0.25, -0.2) is 14.4 Å². The summed E-state index contributed by atoms with van der Waals surface area (Å²) in [5.74, 6) is 2.31. The molecule has 0 amide bonds. The van der Waals surface area contributed by atoms with Crippen molar-refractivity contribution in [3.8, 4) is 11.5 Å². The summed E-state index contributed by atoms with van der Waals surface area (Å²) in [7, 11) is 0. The third-order valence-corrected chi connectivity index (χ3v) is 6.30. The molecular weight excluding hydrogens is 421 g/mol. The highest BCUT2D eigenvalue weighted by molar-refractivity contribution is 5.67. The minimum Gasteiger partial charge on any atom is -0.378 e. The number of hydrogen-bond donors (Lipinski definition) is 0. The zero-order valence-electron chi connectivity index (χ0n) is 18.8. The van der Waals surface area contributed by atoms with E-state index in [0.717, 1.165) is 61.1 Å². The highest BCUT2D eigenvalue weighted by atomic mass is 19.1. The Balaban J connectivity index is 1.64. The van der Waals surface area contributed by atoms with Gasteiger partial charge in [-0.3, -0.25) is 4.98 Å². The Morgan fingerprint density at radius 2 is 1.61 bits per heavy atom. The number of nitrogens with zero attached hydrogens (tertiary/aromatic N) is 5. The number of pyridine rings is 1. The summed E-state index contributed by atoms with van der Waals surface area (Å²) in [6, 6.07) is 5.76. The first-order chi connectivity index (χ1) is 16.3. The smallest absolute Gasteiger partial charge is 0.182 e. The lowest BCUT2D eigenvalue weighted by Gasteiger charge is -2.34. The van der Waals surface area contributed by atoms with Crippen molar-refractivity contribution in [2.45, 2.75) is 25.4 Å². The maximum absolute atomic E-state index is 15.1. The van der Waals surface area contributed by atoms with Gasteiger partial charge in [0.15, 0.2) is 5.82 Å². The van der Waals surface area contributed by atoms with Crippen LogP contribution in [0.4, 0.5) is 16.0 Å². The molecule has 1 unspecified atom stereocenters. The molecule has 0 saturated carbocycles. The second-order valence-electron chi connectivity index (χ2n) is 8.48. The van der Waals surface area contributed by atoms with Crippen LogP contribution in [0.15, 0.2) is 48.2 Å². The molecule has 0 aromatic carbocycles. The quantitative estimate of drug-likeness (QED) is 0.691. The molecule has 174 valence electrons. The number of allylic oxidation sites excluding steroid dienone is 4. The van der Waals surface area contributed by atoms with Crippen molar-refractivity contribution in [2.75, 3.05) is 62.4 Å². The Morgan fingerprint density at radius 1 is 0.939 bits per heavy atom. The molecule has 3 aliphatic rings. The van der Waals surface area contributed by atoms with Crippen molar-refractivity contribution >= 4 is 11.6 Å². The van der Waals surface area contributed by atoms with E-state index in [1.807, 2.05) is 36.4 Å². The molecule has 0 N–H and O–H groups in total. The fourth-order valence-electron chi connectivity index (χ4n) is 4.50. The van der Waals surface area contributed by atoms with E-state index >= 15 is 4.39 Å². The monoisotopic (exact) mass is 451 g/mol. The number of alkyl halides is 1. The van der Waals surface area contributed by atoms with E-state index in [1.165, 1.54) is 0 Å². The first-order valence-corrected chi connectivity index (χ1v) is 11.8. The van der Waals surface area contributed by atoms with Crippen molar-refractivity contribution in [1.82, 2.24) is 15.0 Å². The molecule has 0 spiro atoms. The third kappa shape index (κ3) is 5.07. The van der Waals surface area contributed by atoms with E-state index in [1.54, 1.807) is 6.20 Å². The van der Waals surface area contributed by atoms with Gasteiger partial charge in [-0.1, -0.05) is 24.3 Å². The summed E-state index contributed by atoms with van der Waals surface area (Å²) in [6.45, 7) is 5.55. The average Bonchev–Trinajstić information content (AvgIpc) is 3.09. The summed E-state index contributed by atoms with van der Waals surface area (Å²) in [5.41, 5.74) is 2.48. The molecule has 2 aromatic heterocycles. The van der Waals surface area contributed by atoms with Crippen LogP contribution in [0.2, 0.25) is 0 Å². The Labute approximate surface area is 194 Å². The van der Waals surface area contributed by atoms with Gasteiger partial charge < -0.3 is 19.3 Å². The van der Waals surface area contributed by atoms with Crippen LogP contribution in [0.1, 0.15) is 18.4 Å². The molecule has 1 atom stereocenters. The van der Waals surface area contributed by atoms with Crippen molar-refractivity contribution in [1.29, 1.82) is 0 Å². The lowest BCUT2D eigenvalue weighted by atomic mass is 9.99. The molecule has 2 aliphatic heterocycles. The molecule has 2 aromatic rings. The highest BCUT2D eigenvalue weighted by Gasteiger charge is 2.28. The Bertz CT molecular complexity index is 962. The molecule has 0 radical (unpaired) electrons. The van der Waals surface area contributed by atoms with Crippen LogP contribution in [0, 0.1) is 0 Å². The van der Waals surface area contributed by atoms with Gasteiger partial charge in [0.1, 0.15) is 23.5 Å². The maximum Gasteiger partial charge on any atom is 0.182 e. The summed E-state index contributed by atoms with van der Waals surface area (Å²) in [5, 5.41) is 0. The van der Waals surface area contributed by atoms with Gasteiger partial charge in [0.2, 0.25) is 0 Å². The van der Waals surface area contributed by atoms with Crippen LogP contribution in [0.3, 0.4) is 0 Å². The molecule has 4 heterocycles. The lowest BCUT2D eigenvalue weighted by molar-refractivity contribution is 0.121. The van der Waals surface area contributed by atoms with Gasteiger partial charge in [0.25, 0.3) is 0 Å². The molecule has 0 bridgehead atoms. The standard InChI is InChI=1S/C25H30FN5O2/c26-21-7-3-1-2-6-19(21)18-20-24(30-10-14-32-15-11-30)28-23(22-8-4-5-9-27-22)29-25(20)31-12-16-33-17-13-31/h1-2,4-6,8-9,21H,3,7,10-18H2. The van der Waals surface area contributed by atoms with Gasteiger partial charge >= 0.3 is 0 Å². The number of ether oxygens (including phenoxy) is 2. The predicted molar refractivity (Wildman–Crippen MR) is 126 cm³/mol. The SMILES string of the molecule is FC1CCC=CC=C1Cc1c(N2CCOCC2)nc(-c2ccccn2)nc1N1CCOCC1. The van der Waals surface area contributed by atoms with Crippen molar-refractivity contribution < 1.29 is 13.9 Å². The molecule has 7 nitrogen and oxygen atoms in total. The Kier molecular flexibility index (Phi) is 6.92. The second kappa shape index (κ2) is 10.4. The second-order valence-corrected chi connectivity index (χ2v) is 8.48. The summed E-state index contributed by atoms with van der Waals surface area (Å²) < 4.78 is 26.3. The van der Waals surface area contributed by atoms with Gasteiger partial charge in [-0.2, -0.15) is 0 Å². The molecular formula is C25H30FN5O2. The predicted octanol–water partition coefficient (Wildman–Crippen LogP) is 3.37. The van der Waals surface area contributed by atoms with Crippen LogP contribution in [0.25, 0.3) is 11.5 Å². The fourth-order valence-corrected chi connectivity index (χ4v) is 4.50. The minimum absolute atomic E-state index is 0.480. The highest BCUT2D eigenvalue weighted by Crippen LogP contribution is 2.35. The van der Waals surface area contributed by atoms with Crippen LogP contribution < -0.4 is 9.80 Å². The largest absolute Gasteiger partial charge is 0.378 e. The number of anilines is 2. The molecule has 1 aliphatic carbocycles. The van der Waals surface area contributed by atoms with Crippen LogP contribution in [-0.4, -0.2) is 73.7 Å². The van der Waals surface area contributed by atoms with Crippen LogP contribution in [0.5, 0.6) is 0 Å². The fraction of sp³-hybridized carbons (Fsp3) is 0.480. The Hall–Kier alpha value is -2.84. The topological polar surface area (TPSA) is 63.6 Å². The van der Waals surface area contributed by atoms with Crippen molar-refractivity contribution in [3.05, 3.63) is 53.8 Å². The zero-order chi connectivity index (χ0) is 22.5. The number of hydrogen-bond acceptors (Lipinski definition) is 7. The van der Waals surface area contributed by atoms with E-state index < -0.39 is 6.17 Å². The van der Waals surface area contributed by atoms with E-state index in [0.29, 0.717) is 45.1 Å². The number of rotatable bonds is 5. The Morgan fingerprint density at radius 3 is 2.21 bits per heavy atom. The van der Waals surface area contributed by atoms with Gasteiger partial charge in [0.05, 0.1) is 26.4 Å². The number of aromatic nitrogens is 3.